The van der Waals surface area contributed by atoms with Crippen molar-refractivity contribution in [3.05, 3.63) is 35.9 Å². The van der Waals surface area contributed by atoms with Crippen molar-refractivity contribution in [2.45, 2.75) is 50.7 Å². The average Bonchev–Trinajstić information content (AvgIpc) is 2.68. The summed E-state index contributed by atoms with van der Waals surface area (Å²) in [7, 11) is 0. The molecule has 1 saturated carbocycles. The molecule has 2 atom stereocenters. The summed E-state index contributed by atoms with van der Waals surface area (Å²) in [6.07, 6.45) is 4.01. The fraction of sp³-hybridized carbons (Fsp3) is 0.529. The van der Waals surface area contributed by atoms with Gasteiger partial charge in [-0.25, -0.2) is 0 Å². The van der Waals surface area contributed by atoms with Crippen LogP contribution in [-0.4, -0.2) is 23.0 Å². The average molecular weight is 290 g/mol. The van der Waals surface area contributed by atoms with Crippen LogP contribution in [-0.2, 0) is 20.9 Å². The Labute approximate surface area is 125 Å². The number of ether oxygens (including phenoxy) is 1. The summed E-state index contributed by atoms with van der Waals surface area (Å²) < 4.78 is 5.36. The third kappa shape index (κ3) is 4.67. The van der Waals surface area contributed by atoms with Crippen LogP contribution in [0.2, 0.25) is 0 Å². The second-order valence-electron chi connectivity index (χ2n) is 5.82. The van der Waals surface area contributed by atoms with Crippen molar-refractivity contribution in [3.8, 4) is 0 Å². The number of carbonyl (C=O) groups is 2. The van der Waals surface area contributed by atoms with Gasteiger partial charge in [0.2, 0.25) is 0 Å². The molecule has 0 spiro atoms. The van der Waals surface area contributed by atoms with Crippen LogP contribution in [0.4, 0.5) is 0 Å². The van der Waals surface area contributed by atoms with E-state index in [4.69, 9.17) is 4.74 Å². The minimum absolute atomic E-state index is 0.152. The third-order valence-corrected chi connectivity index (χ3v) is 4.17. The van der Waals surface area contributed by atoms with Crippen LogP contribution in [0, 0.1) is 5.92 Å². The van der Waals surface area contributed by atoms with Gasteiger partial charge in [-0.2, -0.15) is 0 Å². The Bertz CT molecular complexity index is 471. The van der Waals surface area contributed by atoms with Crippen LogP contribution in [0.5, 0.6) is 0 Å². The zero-order valence-electron chi connectivity index (χ0n) is 12.2. The second kappa shape index (κ2) is 7.36. The van der Waals surface area contributed by atoms with Gasteiger partial charge in [0.25, 0.3) is 0 Å². The highest BCUT2D eigenvalue weighted by Crippen LogP contribution is 2.32. The van der Waals surface area contributed by atoms with Crippen LogP contribution in [0.25, 0.3) is 0 Å². The fourth-order valence-corrected chi connectivity index (χ4v) is 2.83. The van der Waals surface area contributed by atoms with Crippen LogP contribution >= 0.6 is 0 Å². The molecule has 1 aliphatic rings. The Morgan fingerprint density at radius 3 is 2.76 bits per heavy atom. The van der Waals surface area contributed by atoms with Crippen molar-refractivity contribution in [1.29, 1.82) is 0 Å². The van der Waals surface area contributed by atoms with Gasteiger partial charge in [-0.1, -0.05) is 30.3 Å². The summed E-state index contributed by atoms with van der Waals surface area (Å²) in [6, 6.07) is 9.58. The standard InChI is InChI=1S/C17H22O4/c18-12-11-17(20)9-4-7-15(8-10-17)16(19)21-13-14-5-2-1-3-6-14/h1-3,5-6,12,15,20H,4,7-11,13H2. The number of esters is 1. The van der Waals surface area contributed by atoms with E-state index in [2.05, 4.69) is 0 Å². The zero-order valence-corrected chi connectivity index (χ0v) is 12.2. The molecule has 0 radical (unpaired) electrons. The lowest BCUT2D eigenvalue weighted by Crippen LogP contribution is -2.28. The van der Waals surface area contributed by atoms with Crippen LogP contribution in [0.1, 0.15) is 44.1 Å². The lowest BCUT2D eigenvalue weighted by molar-refractivity contribution is -0.150. The van der Waals surface area contributed by atoms with Crippen molar-refractivity contribution < 1.29 is 19.4 Å². The Kier molecular flexibility index (Phi) is 5.51. The van der Waals surface area contributed by atoms with Gasteiger partial charge in [0.05, 0.1) is 11.5 Å². The maximum Gasteiger partial charge on any atom is 0.309 e. The van der Waals surface area contributed by atoms with Gasteiger partial charge in [-0.3, -0.25) is 4.79 Å². The predicted octanol–water partition coefficient (Wildman–Crippen LogP) is 2.63. The highest BCUT2D eigenvalue weighted by Gasteiger charge is 2.33. The SMILES string of the molecule is O=CCC1(O)CCCC(C(=O)OCc2ccccc2)CC1. The number of hydrogen-bond acceptors (Lipinski definition) is 4. The van der Waals surface area contributed by atoms with Gasteiger partial charge < -0.3 is 14.6 Å². The molecule has 2 rings (SSSR count). The lowest BCUT2D eigenvalue weighted by Gasteiger charge is -2.23. The number of carbonyl (C=O) groups excluding carboxylic acids is 2. The molecule has 1 fully saturated rings. The lowest BCUT2D eigenvalue weighted by atomic mass is 9.91. The number of hydrogen-bond donors (Lipinski definition) is 1. The maximum absolute atomic E-state index is 12.1. The molecule has 21 heavy (non-hydrogen) atoms. The van der Waals surface area contributed by atoms with Gasteiger partial charge in [0.15, 0.2) is 0 Å². The first-order valence-corrected chi connectivity index (χ1v) is 7.49. The molecule has 4 heteroatoms. The fourth-order valence-electron chi connectivity index (χ4n) is 2.83. The summed E-state index contributed by atoms with van der Waals surface area (Å²) in [5.41, 5.74) is 0.0351. The van der Waals surface area contributed by atoms with Gasteiger partial charge in [-0.05, 0) is 37.7 Å². The molecule has 4 nitrogen and oxygen atoms in total. The molecule has 1 aromatic carbocycles. The van der Waals surface area contributed by atoms with Crippen molar-refractivity contribution in [3.63, 3.8) is 0 Å². The first-order valence-electron chi connectivity index (χ1n) is 7.49. The molecular formula is C17H22O4. The Morgan fingerprint density at radius 1 is 1.29 bits per heavy atom. The van der Waals surface area contributed by atoms with E-state index in [1.54, 1.807) is 0 Å². The third-order valence-electron chi connectivity index (χ3n) is 4.17. The second-order valence-corrected chi connectivity index (χ2v) is 5.82. The monoisotopic (exact) mass is 290 g/mol. The van der Waals surface area contributed by atoms with Crippen LogP contribution in [0.3, 0.4) is 0 Å². The summed E-state index contributed by atoms with van der Waals surface area (Å²) >= 11 is 0. The normalized spacial score (nSPS) is 25.9. The predicted molar refractivity (Wildman–Crippen MR) is 78.4 cm³/mol. The molecule has 0 aromatic heterocycles. The molecule has 2 unspecified atom stereocenters. The Hall–Kier alpha value is -1.68. The number of benzene rings is 1. The summed E-state index contributed by atoms with van der Waals surface area (Å²) in [6.45, 7) is 0.286. The molecular weight excluding hydrogens is 268 g/mol. The van der Waals surface area contributed by atoms with E-state index in [1.807, 2.05) is 30.3 Å². The molecule has 1 N–H and O–H groups in total. The minimum Gasteiger partial charge on any atom is -0.461 e. The molecule has 0 aliphatic heterocycles. The van der Waals surface area contributed by atoms with Gasteiger partial charge in [0, 0.05) is 6.42 Å². The minimum atomic E-state index is -0.934. The molecule has 0 heterocycles. The Morgan fingerprint density at radius 2 is 2.05 bits per heavy atom. The van der Waals surface area contributed by atoms with Crippen molar-refractivity contribution >= 4 is 12.3 Å². The topological polar surface area (TPSA) is 63.6 Å². The molecule has 1 aliphatic carbocycles. The van der Waals surface area contributed by atoms with E-state index < -0.39 is 5.60 Å². The highest BCUT2D eigenvalue weighted by atomic mass is 16.5. The Balaban J connectivity index is 1.84. The summed E-state index contributed by atoms with van der Waals surface area (Å²) in [5, 5.41) is 10.3. The molecule has 0 bridgehead atoms. The van der Waals surface area contributed by atoms with E-state index in [9.17, 15) is 14.7 Å². The van der Waals surface area contributed by atoms with Crippen molar-refractivity contribution in [2.75, 3.05) is 0 Å². The zero-order chi connectivity index (χ0) is 15.1. The number of aliphatic hydroxyl groups is 1. The van der Waals surface area contributed by atoms with E-state index in [0.29, 0.717) is 19.3 Å². The van der Waals surface area contributed by atoms with E-state index in [-0.39, 0.29) is 24.9 Å². The quantitative estimate of drug-likeness (QED) is 0.514. The van der Waals surface area contributed by atoms with Gasteiger partial charge in [-0.15, -0.1) is 0 Å². The molecule has 0 saturated heterocycles. The van der Waals surface area contributed by atoms with Crippen molar-refractivity contribution in [1.82, 2.24) is 0 Å². The smallest absolute Gasteiger partial charge is 0.309 e. The van der Waals surface area contributed by atoms with E-state index in [0.717, 1.165) is 24.7 Å². The first-order chi connectivity index (χ1) is 10.1. The van der Waals surface area contributed by atoms with Gasteiger partial charge in [0.1, 0.15) is 12.9 Å². The molecule has 1 aromatic rings. The van der Waals surface area contributed by atoms with Crippen LogP contribution < -0.4 is 0 Å². The van der Waals surface area contributed by atoms with E-state index in [1.165, 1.54) is 0 Å². The number of aldehydes is 1. The van der Waals surface area contributed by atoms with E-state index >= 15 is 0 Å². The summed E-state index contributed by atoms with van der Waals surface area (Å²) in [5.74, 6) is -0.372. The first kappa shape index (κ1) is 15.7. The van der Waals surface area contributed by atoms with Crippen LogP contribution in [0.15, 0.2) is 30.3 Å². The molecule has 114 valence electrons. The highest BCUT2D eigenvalue weighted by molar-refractivity contribution is 5.72. The maximum atomic E-state index is 12.1. The molecule has 0 amide bonds. The van der Waals surface area contributed by atoms with Crippen molar-refractivity contribution in [2.24, 2.45) is 5.92 Å². The largest absolute Gasteiger partial charge is 0.461 e. The number of rotatable bonds is 5. The summed E-state index contributed by atoms with van der Waals surface area (Å²) in [4.78, 5) is 22.7. The van der Waals surface area contributed by atoms with Gasteiger partial charge >= 0.3 is 5.97 Å².